The van der Waals surface area contributed by atoms with Gasteiger partial charge in [0.2, 0.25) is 10.0 Å². The molecule has 0 atom stereocenters. The van der Waals surface area contributed by atoms with Gasteiger partial charge in [0, 0.05) is 18.3 Å². The third-order valence-corrected chi connectivity index (χ3v) is 5.09. The number of nitrogens with zero attached hydrogens (tertiary/aromatic N) is 2. The van der Waals surface area contributed by atoms with Gasteiger partial charge < -0.3 is 20.2 Å². The molecule has 1 saturated heterocycles. The van der Waals surface area contributed by atoms with Crippen molar-refractivity contribution in [2.24, 2.45) is 5.14 Å². The molecule has 8 nitrogen and oxygen atoms in total. The molecular weight excluding hydrogens is 332 g/mol. The molecule has 1 aromatic carbocycles. The Hall–Kier alpha value is -1.68. The third kappa shape index (κ3) is 4.91. The molecule has 0 bridgehead atoms. The summed E-state index contributed by atoms with van der Waals surface area (Å²) in [4.78, 5) is 16.3. The van der Waals surface area contributed by atoms with Gasteiger partial charge in [0.1, 0.15) is 0 Å². The molecule has 1 heterocycles. The Bertz CT molecular complexity index is 655. The van der Waals surface area contributed by atoms with Gasteiger partial charge in [-0.15, -0.1) is 0 Å². The van der Waals surface area contributed by atoms with Crippen molar-refractivity contribution in [2.75, 3.05) is 38.6 Å². The largest absolute Gasteiger partial charge is 0.395 e. The number of carbonyl (C=O) groups is 1. The molecule has 0 aromatic heterocycles. The van der Waals surface area contributed by atoms with Crippen molar-refractivity contribution in [1.82, 2.24) is 9.80 Å². The van der Waals surface area contributed by atoms with Crippen LogP contribution in [0.5, 0.6) is 0 Å². The fourth-order valence-electron chi connectivity index (χ4n) is 2.79. The van der Waals surface area contributed by atoms with Crippen LogP contribution in [0, 0.1) is 0 Å². The topological polar surface area (TPSA) is 116 Å². The first-order valence-electron chi connectivity index (χ1n) is 7.81. The number of piperidine rings is 1. The number of nitrogens with one attached hydrogen (secondary N) is 1. The van der Waals surface area contributed by atoms with E-state index in [0.717, 1.165) is 25.9 Å². The maximum absolute atomic E-state index is 12.5. The maximum Gasteiger partial charge on any atom is 0.322 e. The van der Waals surface area contributed by atoms with Crippen molar-refractivity contribution in [3.05, 3.63) is 24.3 Å². The molecule has 0 unspecified atom stereocenters. The van der Waals surface area contributed by atoms with Gasteiger partial charge in [0.05, 0.1) is 11.5 Å². The Labute approximate surface area is 142 Å². The number of aliphatic hydroxyl groups is 1. The molecule has 2 rings (SSSR count). The molecule has 9 heteroatoms. The molecule has 0 aliphatic carbocycles. The average Bonchev–Trinajstić information content (AvgIpc) is 2.53. The van der Waals surface area contributed by atoms with Gasteiger partial charge in [-0.3, -0.25) is 0 Å². The summed E-state index contributed by atoms with van der Waals surface area (Å²) in [5.74, 6) is 0. The van der Waals surface area contributed by atoms with Crippen molar-refractivity contribution in [3.63, 3.8) is 0 Å². The number of hydrogen-bond donors (Lipinski definition) is 3. The lowest BCUT2D eigenvalue weighted by Gasteiger charge is -2.37. The number of primary sulfonamides is 1. The summed E-state index contributed by atoms with van der Waals surface area (Å²) in [5.41, 5.74) is 0.475. The van der Waals surface area contributed by atoms with Crippen LogP contribution in [0.15, 0.2) is 29.2 Å². The Morgan fingerprint density at radius 2 is 1.92 bits per heavy atom. The number of amides is 2. The van der Waals surface area contributed by atoms with Crippen LogP contribution in [0.1, 0.15) is 12.8 Å². The standard InChI is InChI=1S/C15H24N4O4S/c1-18-8-6-13(7-9-18)19(10-11-20)15(21)17-12-2-4-14(5-3-12)24(16,22)23/h2-5,13,20H,6-11H2,1H3,(H,17,21)(H2,16,22,23). The van der Waals surface area contributed by atoms with Gasteiger partial charge in [-0.2, -0.15) is 0 Å². The predicted molar refractivity (Wildman–Crippen MR) is 91.1 cm³/mol. The molecule has 0 spiro atoms. The van der Waals surface area contributed by atoms with Crippen molar-refractivity contribution in [1.29, 1.82) is 0 Å². The first kappa shape index (κ1) is 18.7. The van der Waals surface area contributed by atoms with E-state index >= 15 is 0 Å². The van der Waals surface area contributed by atoms with Crippen LogP contribution in [-0.4, -0.2) is 68.7 Å². The number of nitrogens with two attached hydrogens (primary N) is 1. The molecule has 1 aromatic rings. The highest BCUT2D eigenvalue weighted by Crippen LogP contribution is 2.18. The van der Waals surface area contributed by atoms with E-state index in [1.165, 1.54) is 24.3 Å². The van der Waals surface area contributed by atoms with Crippen molar-refractivity contribution < 1.29 is 18.3 Å². The van der Waals surface area contributed by atoms with E-state index in [4.69, 9.17) is 5.14 Å². The second-order valence-corrected chi connectivity index (χ2v) is 7.51. The SMILES string of the molecule is CN1CCC(N(CCO)C(=O)Nc2ccc(S(N)(=O)=O)cc2)CC1. The zero-order chi connectivity index (χ0) is 17.7. The van der Waals surface area contributed by atoms with E-state index in [0.29, 0.717) is 5.69 Å². The first-order valence-corrected chi connectivity index (χ1v) is 9.36. The molecule has 24 heavy (non-hydrogen) atoms. The Morgan fingerprint density at radius 1 is 1.33 bits per heavy atom. The lowest BCUT2D eigenvalue weighted by molar-refractivity contribution is 0.122. The summed E-state index contributed by atoms with van der Waals surface area (Å²) in [6.45, 7) is 1.96. The van der Waals surface area contributed by atoms with Crippen LogP contribution in [0.25, 0.3) is 0 Å². The number of rotatable bonds is 5. The van der Waals surface area contributed by atoms with Gasteiger partial charge in [-0.05, 0) is 57.2 Å². The van der Waals surface area contributed by atoms with Gasteiger partial charge in [0.15, 0.2) is 0 Å². The van der Waals surface area contributed by atoms with Crippen LogP contribution < -0.4 is 10.5 Å². The van der Waals surface area contributed by atoms with Crippen LogP contribution in [-0.2, 0) is 10.0 Å². The highest BCUT2D eigenvalue weighted by molar-refractivity contribution is 7.89. The van der Waals surface area contributed by atoms with Gasteiger partial charge in [-0.25, -0.2) is 18.4 Å². The maximum atomic E-state index is 12.5. The minimum Gasteiger partial charge on any atom is -0.395 e. The van der Waals surface area contributed by atoms with E-state index in [1.807, 2.05) is 7.05 Å². The Morgan fingerprint density at radius 3 is 2.42 bits per heavy atom. The first-order chi connectivity index (χ1) is 11.3. The monoisotopic (exact) mass is 356 g/mol. The smallest absolute Gasteiger partial charge is 0.322 e. The number of sulfonamides is 1. The Balaban J connectivity index is 2.04. The molecule has 1 aliphatic rings. The fourth-order valence-corrected chi connectivity index (χ4v) is 3.30. The zero-order valence-corrected chi connectivity index (χ0v) is 14.5. The zero-order valence-electron chi connectivity index (χ0n) is 13.7. The van der Waals surface area contributed by atoms with Crippen molar-refractivity contribution >= 4 is 21.7 Å². The summed E-state index contributed by atoms with van der Waals surface area (Å²) in [7, 11) is -1.71. The number of carbonyl (C=O) groups excluding carboxylic acids is 1. The fraction of sp³-hybridized carbons (Fsp3) is 0.533. The van der Waals surface area contributed by atoms with Gasteiger partial charge in [-0.1, -0.05) is 0 Å². The number of likely N-dealkylation sites (tertiary alicyclic amines) is 1. The van der Waals surface area contributed by atoms with E-state index in [9.17, 15) is 18.3 Å². The lowest BCUT2D eigenvalue weighted by atomic mass is 10.0. The number of aliphatic hydroxyl groups excluding tert-OH is 1. The second kappa shape index (κ2) is 7.93. The summed E-state index contributed by atoms with van der Waals surface area (Å²) in [6.07, 6.45) is 1.71. The van der Waals surface area contributed by atoms with E-state index in [-0.39, 0.29) is 30.1 Å². The number of urea groups is 1. The van der Waals surface area contributed by atoms with E-state index < -0.39 is 10.0 Å². The number of benzene rings is 1. The molecular formula is C15H24N4O4S. The van der Waals surface area contributed by atoms with E-state index in [2.05, 4.69) is 10.2 Å². The number of anilines is 1. The lowest BCUT2D eigenvalue weighted by Crippen LogP contribution is -2.49. The summed E-state index contributed by atoms with van der Waals surface area (Å²) in [6, 6.07) is 5.44. The molecule has 134 valence electrons. The predicted octanol–water partition coefficient (Wildman–Crippen LogP) is 0.254. The molecule has 1 aliphatic heterocycles. The summed E-state index contributed by atoms with van der Waals surface area (Å²) < 4.78 is 22.5. The summed E-state index contributed by atoms with van der Waals surface area (Å²) >= 11 is 0. The molecule has 4 N–H and O–H groups in total. The average molecular weight is 356 g/mol. The summed E-state index contributed by atoms with van der Waals surface area (Å²) in [5, 5.41) is 17.0. The van der Waals surface area contributed by atoms with E-state index in [1.54, 1.807) is 4.90 Å². The highest BCUT2D eigenvalue weighted by atomic mass is 32.2. The normalized spacial score (nSPS) is 16.8. The van der Waals surface area contributed by atoms with Crippen molar-refractivity contribution in [3.8, 4) is 0 Å². The Kier molecular flexibility index (Phi) is 6.16. The molecule has 0 saturated carbocycles. The minimum atomic E-state index is -3.76. The van der Waals surface area contributed by atoms with Crippen LogP contribution in [0.4, 0.5) is 10.5 Å². The van der Waals surface area contributed by atoms with Crippen molar-refractivity contribution in [2.45, 2.75) is 23.8 Å². The molecule has 0 radical (unpaired) electrons. The quantitative estimate of drug-likeness (QED) is 0.699. The van der Waals surface area contributed by atoms with Gasteiger partial charge >= 0.3 is 6.03 Å². The third-order valence-electron chi connectivity index (χ3n) is 4.16. The minimum absolute atomic E-state index is 0.0111. The van der Waals surface area contributed by atoms with Crippen LogP contribution in [0.2, 0.25) is 0 Å². The van der Waals surface area contributed by atoms with Gasteiger partial charge in [0.25, 0.3) is 0 Å². The van der Waals surface area contributed by atoms with Crippen LogP contribution >= 0.6 is 0 Å². The highest BCUT2D eigenvalue weighted by Gasteiger charge is 2.26. The second-order valence-electron chi connectivity index (χ2n) is 5.95. The number of hydrogen-bond acceptors (Lipinski definition) is 5. The molecule has 2 amide bonds. The molecule has 1 fully saturated rings. The van der Waals surface area contributed by atoms with Crippen LogP contribution in [0.3, 0.4) is 0 Å².